The van der Waals surface area contributed by atoms with E-state index in [2.05, 4.69) is 32.9 Å². The van der Waals surface area contributed by atoms with Gasteiger partial charge in [0, 0.05) is 0 Å². The average Bonchev–Trinajstić information content (AvgIpc) is 2.47. The highest BCUT2D eigenvalue weighted by Gasteiger charge is 2.13. The van der Waals surface area contributed by atoms with Crippen molar-refractivity contribution >= 4 is 23.3 Å². The summed E-state index contributed by atoms with van der Waals surface area (Å²) in [5, 5.41) is 0.425. The maximum absolute atomic E-state index is 12.0. The van der Waals surface area contributed by atoms with Gasteiger partial charge in [-0.25, -0.2) is 4.79 Å². The highest BCUT2D eigenvalue weighted by molar-refractivity contribution is 6.33. The van der Waals surface area contributed by atoms with E-state index in [0.29, 0.717) is 16.3 Å². The normalized spacial score (nSPS) is 11.3. The van der Waals surface area contributed by atoms with Gasteiger partial charge in [0.1, 0.15) is 6.61 Å². The molecule has 0 aromatic heterocycles. The Hall–Kier alpha value is -2.00. The molecule has 0 unspecified atom stereocenters. The predicted octanol–water partition coefficient (Wildman–Crippen LogP) is 4.58. The van der Waals surface area contributed by atoms with Crippen molar-refractivity contribution in [3.05, 3.63) is 64.2 Å². The van der Waals surface area contributed by atoms with Gasteiger partial charge in [0.25, 0.3) is 0 Å². The van der Waals surface area contributed by atoms with Gasteiger partial charge >= 0.3 is 5.97 Å². The molecule has 0 spiro atoms. The molecule has 0 bridgehead atoms. The lowest BCUT2D eigenvalue weighted by Gasteiger charge is -2.19. The van der Waals surface area contributed by atoms with Crippen LogP contribution in [-0.4, -0.2) is 5.97 Å². The van der Waals surface area contributed by atoms with Gasteiger partial charge in [0.05, 0.1) is 16.3 Å². The molecule has 2 aromatic rings. The number of carbonyl (C=O) groups excluding carboxylic acids is 1. The molecule has 0 radical (unpaired) electrons. The Labute approximate surface area is 136 Å². The molecular weight excluding hydrogens is 298 g/mol. The molecule has 0 heterocycles. The van der Waals surface area contributed by atoms with Crippen LogP contribution in [0.1, 0.15) is 42.3 Å². The number of hydrogen-bond donors (Lipinski definition) is 1. The molecule has 0 fully saturated rings. The minimum Gasteiger partial charge on any atom is -0.457 e. The summed E-state index contributed by atoms with van der Waals surface area (Å²) >= 11 is 5.83. The van der Waals surface area contributed by atoms with E-state index in [1.807, 2.05) is 12.1 Å². The van der Waals surface area contributed by atoms with Gasteiger partial charge in [-0.2, -0.15) is 0 Å². The third kappa shape index (κ3) is 4.01. The van der Waals surface area contributed by atoms with Gasteiger partial charge in [-0.3, -0.25) is 0 Å². The van der Waals surface area contributed by atoms with E-state index in [1.165, 1.54) is 11.6 Å². The number of nitrogens with two attached hydrogens (primary N) is 1. The van der Waals surface area contributed by atoms with Crippen LogP contribution in [0.5, 0.6) is 0 Å². The Morgan fingerprint density at radius 2 is 1.77 bits per heavy atom. The zero-order valence-electron chi connectivity index (χ0n) is 13.0. The largest absolute Gasteiger partial charge is 0.457 e. The highest BCUT2D eigenvalue weighted by atomic mass is 35.5. The lowest BCUT2D eigenvalue weighted by Crippen LogP contribution is -2.11. The number of carbonyl (C=O) groups is 1. The van der Waals surface area contributed by atoms with Crippen LogP contribution in [0.15, 0.2) is 42.5 Å². The van der Waals surface area contributed by atoms with Crippen LogP contribution in [0.3, 0.4) is 0 Å². The zero-order chi connectivity index (χ0) is 16.3. The molecule has 2 aromatic carbocycles. The second-order valence-corrected chi connectivity index (χ2v) is 6.67. The van der Waals surface area contributed by atoms with Crippen molar-refractivity contribution in [3.8, 4) is 0 Å². The minimum atomic E-state index is -0.414. The van der Waals surface area contributed by atoms with Crippen molar-refractivity contribution in [3.63, 3.8) is 0 Å². The van der Waals surface area contributed by atoms with Crippen LogP contribution in [-0.2, 0) is 16.8 Å². The zero-order valence-corrected chi connectivity index (χ0v) is 13.8. The van der Waals surface area contributed by atoms with E-state index in [9.17, 15) is 4.79 Å². The molecule has 116 valence electrons. The standard InChI is InChI=1S/C18H20ClNO2/c1-18(2,3)14-7-4-12(5-8-14)11-22-17(21)13-6-9-15(19)16(20)10-13/h4-10H,11,20H2,1-3H3. The smallest absolute Gasteiger partial charge is 0.338 e. The van der Waals surface area contributed by atoms with Crippen molar-refractivity contribution in [2.24, 2.45) is 0 Å². The van der Waals surface area contributed by atoms with Gasteiger partial charge in [0.15, 0.2) is 0 Å². The van der Waals surface area contributed by atoms with E-state index in [0.717, 1.165) is 5.56 Å². The summed E-state index contributed by atoms with van der Waals surface area (Å²) in [7, 11) is 0. The summed E-state index contributed by atoms with van der Waals surface area (Å²) in [4.78, 5) is 12.0. The first-order valence-electron chi connectivity index (χ1n) is 7.09. The number of anilines is 1. The van der Waals surface area contributed by atoms with E-state index in [4.69, 9.17) is 22.1 Å². The molecule has 0 saturated heterocycles. The topological polar surface area (TPSA) is 52.3 Å². The molecule has 2 N–H and O–H groups in total. The maximum Gasteiger partial charge on any atom is 0.338 e. The lowest BCUT2D eigenvalue weighted by molar-refractivity contribution is 0.0472. The fourth-order valence-electron chi connectivity index (χ4n) is 2.00. The number of benzene rings is 2. The Kier molecular flexibility index (Phi) is 4.77. The van der Waals surface area contributed by atoms with Crippen molar-refractivity contribution in [1.82, 2.24) is 0 Å². The van der Waals surface area contributed by atoms with Crippen LogP contribution in [0.2, 0.25) is 5.02 Å². The van der Waals surface area contributed by atoms with Crippen LogP contribution in [0, 0.1) is 0 Å². The summed E-state index contributed by atoms with van der Waals surface area (Å²) in [5.74, 6) is -0.414. The third-order valence-electron chi connectivity index (χ3n) is 3.42. The first kappa shape index (κ1) is 16.4. The Balaban J connectivity index is 2.00. The maximum atomic E-state index is 12.0. The van der Waals surface area contributed by atoms with E-state index in [1.54, 1.807) is 12.1 Å². The first-order valence-corrected chi connectivity index (χ1v) is 7.47. The van der Waals surface area contributed by atoms with Crippen molar-refractivity contribution in [2.75, 3.05) is 5.73 Å². The molecular formula is C18H20ClNO2. The molecule has 2 rings (SSSR count). The van der Waals surface area contributed by atoms with Crippen molar-refractivity contribution in [1.29, 1.82) is 0 Å². The molecule has 0 aliphatic rings. The monoisotopic (exact) mass is 317 g/mol. The molecule has 0 saturated carbocycles. The Morgan fingerprint density at radius 1 is 1.14 bits per heavy atom. The van der Waals surface area contributed by atoms with Crippen LogP contribution in [0.25, 0.3) is 0 Å². The highest BCUT2D eigenvalue weighted by Crippen LogP contribution is 2.23. The van der Waals surface area contributed by atoms with Gasteiger partial charge in [-0.05, 0) is 34.7 Å². The Morgan fingerprint density at radius 3 is 2.32 bits per heavy atom. The Bertz CT molecular complexity index is 672. The number of esters is 1. The van der Waals surface area contributed by atoms with Gasteiger partial charge in [0.2, 0.25) is 0 Å². The number of rotatable bonds is 3. The average molecular weight is 318 g/mol. The van der Waals surface area contributed by atoms with E-state index in [-0.39, 0.29) is 12.0 Å². The number of ether oxygens (including phenoxy) is 1. The molecule has 0 aliphatic heterocycles. The summed E-state index contributed by atoms with van der Waals surface area (Å²) in [6, 6.07) is 12.8. The third-order valence-corrected chi connectivity index (χ3v) is 3.77. The number of nitrogen functional groups attached to an aromatic ring is 1. The molecule has 22 heavy (non-hydrogen) atoms. The lowest BCUT2D eigenvalue weighted by atomic mass is 9.87. The van der Waals surface area contributed by atoms with Gasteiger partial charge in [-0.1, -0.05) is 56.6 Å². The number of halogens is 1. The van der Waals surface area contributed by atoms with Crippen LogP contribution >= 0.6 is 11.6 Å². The number of hydrogen-bond acceptors (Lipinski definition) is 3. The van der Waals surface area contributed by atoms with E-state index < -0.39 is 5.97 Å². The second-order valence-electron chi connectivity index (χ2n) is 6.26. The van der Waals surface area contributed by atoms with Crippen LogP contribution < -0.4 is 5.73 Å². The summed E-state index contributed by atoms with van der Waals surface area (Å²) in [6.45, 7) is 6.71. The van der Waals surface area contributed by atoms with Crippen LogP contribution in [0.4, 0.5) is 5.69 Å². The fourth-order valence-corrected chi connectivity index (χ4v) is 2.12. The fraction of sp³-hybridized carbons (Fsp3) is 0.278. The van der Waals surface area contributed by atoms with Crippen molar-refractivity contribution < 1.29 is 9.53 Å². The quantitative estimate of drug-likeness (QED) is 0.666. The molecule has 0 atom stereocenters. The minimum absolute atomic E-state index is 0.107. The van der Waals surface area contributed by atoms with Gasteiger partial charge < -0.3 is 10.5 Å². The molecule has 4 heteroatoms. The first-order chi connectivity index (χ1) is 10.3. The summed E-state index contributed by atoms with van der Waals surface area (Å²) in [5.41, 5.74) is 8.74. The predicted molar refractivity (Wildman–Crippen MR) is 90.1 cm³/mol. The second kappa shape index (κ2) is 6.41. The van der Waals surface area contributed by atoms with E-state index >= 15 is 0 Å². The SMILES string of the molecule is CC(C)(C)c1ccc(COC(=O)c2ccc(Cl)c(N)c2)cc1. The van der Waals surface area contributed by atoms with Crippen molar-refractivity contribution in [2.45, 2.75) is 32.8 Å². The molecule has 0 aliphatic carbocycles. The summed E-state index contributed by atoms with van der Waals surface area (Å²) < 4.78 is 5.30. The van der Waals surface area contributed by atoms with Gasteiger partial charge in [-0.15, -0.1) is 0 Å². The molecule has 0 amide bonds. The molecule has 3 nitrogen and oxygen atoms in total. The summed E-state index contributed by atoms with van der Waals surface area (Å²) in [6.07, 6.45) is 0.